The van der Waals surface area contributed by atoms with Crippen LogP contribution >= 0.6 is 11.8 Å². The van der Waals surface area contributed by atoms with Crippen LogP contribution in [-0.2, 0) is 0 Å². The largest absolute Gasteiger partial charge is 0.478 e. The van der Waals surface area contributed by atoms with Crippen LogP contribution in [0.3, 0.4) is 0 Å². The molecule has 94 valence electrons. The Labute approximate surface area is 107 Å². The number of rotatable bonds is 4. The molecule has 0 bridgehead atoms. The summed E-state index contributed by atoms with van der Waals surface area (Å²) < 4.78 is 5.42. The maximum atomic E-state index is 5.42. The van der Waals surface area contributed by atoms with E-state index in [1.807, 2.05) is 31.7 Å². The molecule has 4 nitrogen and oxygen atoms in total. The Kier molecular flexibility index (Phi) is 4.48. The highest BCUT2D eigenvalue weighted by Crippen LogP contribution is 2.21. The molecule has 5 heteroatoms. The van der Waals surface area contributed by atoms with Crippen molar-refractivity contribution in [2.45, 2.75) is 32.7 Å². The number of aryl methyl sites for hydroxylation is 1. The number of hydrogen-bond acceptors (Lipinski definition) is 5. The van der Waals surface area contributed by atoms with Gasteiger partial charge in [0.05, 0.1) is 6.61 Å². The first-order valence-corrected chi connectivity index (χ1v) is 7.26. The Bertz CT molecular complexity index is 367. The van der Waals surface area contributed by atoms with Gasteiger partial charge in [-0.25, -0.2) is 4.98 Å². The van der Waals surface area contributed by atoms with Gasteiger partial charge in [0, 0.05) is 17.9 Å². The summed E-state index contributed by atoms with van der Waals surface area (Å²) in [4.78, 5) is 8.64. The standard InChI is InChI=1S/C12H19N3OS/c1-3-16-12-7-11(13-9(2)14-12)15-10-5-4-6-17-8-10/h7,10H,3-6,8H2,1-2H3,(H,13,14,15). The summed E-state index contributed by atoms with van der Waals surface area (Å²) in [5, 5.41) is 3.47. The molecule has 1 saturated heterocycles. The van der Waals surface area contributed by atoms with Gasteiger partial charge in [-0.2, -0.15) is 16.7 Å². The fraction of sp³-hybridized carbons (Fsp3) is 0.667. The zero-order valence-electron chi connectivity index (χ0n) is 10.4. The van der Waals surface area contributed by atoms with Gasteiger partial charge < -0.3 is 10.1 Å². The van der Waals surface area contributed by atoms with Crippen molar-refractivity contribution >= 4 is 17.6 Å². The molecule has 0 amide bonds. The van der Waals surface area contributed by atoms with Crippen molar-refractivity contribution in [3.05, 3.63) is 11.9 Å². The van der Waals surface area contributed by atoms with E-state index in [0.717, 1.165) is 17.4 Å². The Morgan fingerprint density at radius 2 is 2.41 bits per heavy atom. The second-order valence-corrected chi connectivity index (χ2v) is 5.28. The zero-order chi connectivity index (χ0) is 12.1. The van der Waals surface area contributed by atoms with Crippen LogP contribution in [0.15, 0.2) is 6.07 Å². The quantitative estimate of drug-likeness (QED) is 0.893. The van der Waals surface area contributed by atoms with E-state index in [4.69, 9.17) is 4.74 Å². The third-order valence-electron chi connectivity index (χ3n) is 2.62. The Morgan fingerprint density at radius 1 is 1.53 bits per heavy atom. The summed E-state index contributed by atoms with van der Waals surface area (Å²) >= 11 is 2.00. The molecule has 0 saturated carbocycles. The van der Waals surface area contributed by atoms with Crippen molar-refractivity contribution in [3.8, 4) is 5.88 Å². The lowest BCUT2D eigenvalue weighted by molar-refractivity contribution is 0.325. The van der Waals surface area contributed by atoms with Crippen LogP contribution in [-0.4, -0.2) is 34.1 Å². The van der Waals surface area contributed by atoms with E-state index >= 15 is 0 Å². The number of nitrogens with zero attached hydrogens (tertiary/aromatic N) is 2. The monoisotopic (exact) mass is 253 g/mol. The summed E-state index contributed by atoms with van der Waals surface area (Å²) in [7, 11) is 0. The molecule has 0 spiro atoms. The topological polar surface area (TPSA) is 47.0 Å². The van der Waals surface area contributed by atoms with Crippen molar-refractivity contribution in [3.63, 3.8) is 0 Å². The molecule has 0 radical (unpaired) electrons. The average molecular weight is 253 g/mol. The van der Waals surface area contributed by atoms with Crippen LogP contribution in [0.2, 0.25) is 0 Å². The first-order valence-electron chi connectivity index (χ1n) is 6.10. The number of anilines is 1. The smallest absolute Gasteiger partial charge is 0.218 e. The lowest BCUT2D eigenvalue weighted by atomic mass is 10.2. The Morgan fingerprint density at radius 3 is 3.12 bits per heavy atom. The van der Waals surface area contributed by atoms with Crippen LogP contribution in [0, 0.1) is 6.92 Å². The van der Waals surface area contributed by atoms with Crippen molar-refractivity contribution in [1.82, 2.24) is 9.97 Å². The molecule has 1 N–H and O–H groups in total. The van der Waals surface area contributed by atoms with Crippen molar-refractivity contribution < 1.29 is 4.74 Å². The van der Waals surface area contributed by atoms with E-state index in [1.165, 1.54) is 18.6 Å². The van der Waals surface area contributed by atoms with Gasteiger partial charge >= 0.3 is 0 Å². The fourth-order valence-electron chi connectivity index (χ4n) is 1.90. The van der Waals surface area contributed by atoms with Crippen LogP contribution in [0.1, 0.15) is 25.6 Å². The summed E-state index contributed by atoms with van der Waals surface area (Å²) in [5.74, 6) is 4.74. The van der Waals surface area contributed by atoms with Crippen LogP contribution in [0.5, 0.6) is 5.88 Å². The third kappa shape index (κ3) is 3.77. The lowest BCUT2D eigenvalue weighted by Gasteiger charge is -2.23. The first-order chi connectivity index (χ1) is 8.28. The van der Waals surface area contributed by atoms with Gasteiger partial charge in [-0.3, -0.25) is 0 Å². The van der Waals surface area contributed by atoms with Crippen molar-refractivity contribution in [1.29, 1.82) is 0 Å². The van der Waals surface area contributed by atoms with E-state index in [0.29, 0.717) is 18.5 Å². The molecule has 2 heterocycles. The predicted octanol–water partition coefficient (Wildman–Crippen LogP) is 2.49. The fourth-order valence-corrected chi connectivity index (χ4v) is 2.97. The highest BCUT2D eigenvalue weighted by Gasteiger charge is 2.14. The molecule has 1 aromatic rings. The minimum absolute atomic E-state index is 0.525. The number of thioether (sulfide) groups is 1. The number of ether oxygens (including phenoxy) is 1. The van der Waals surface area contributed by atoms with E-state index in [-0.39, 0.29) is 0 Å². The molecule has 17 heavy (non-hydrogen) atoms. The molecule has 0 aromatic carbocycles. The summed E-state index contributed by atoms with van der Waals surface area (Å²) in [6.45, 7) is 4.49. The van der Waals surface area contributed by atoms with Gasteiger partial charge in [0.25, 0.3) is 0 Å². The van der Waals surface area contributed by atoms with Crippen LogP contribution in [0.25, 0.3) is 0 Å². The second-order valence-electron chi connectivity index (χ2n) is 4.13. The third-order valence-corrected chi connectivity index (χ3v) is 3.83. The molecule has 1 fully saturated rings. The Balaban J connectivity index is 2.03. The van der Waals surface area contributed by atoms with Gasteiger partial charge in [0.2, 0.25) is 5.88 Å². The molecule has 1 aromatic heterocycles. The predicted molar refractivity (Wildman–Crippen MR) is 71.9 cm³/mol. The average Bonchev–Trinajstić information content (AvgIpc) is 2.30. The molecule has 1 aliphatic rings. The number of nitrogens with one attached hydrogen (secondary N) is 1. The zero-order valence-corrected chi connectivity index (χ0v) is 11.2. The Hall–Kier alpha value is -0.970. The summed E-state index contributed by atoms with van der Waals surface area (Å²) in [6, 6.07) is 2.41. The normalized spacial score (nSPS) is 20.0. The molecule has 1 aliphatic heterocycles. The van der Waals surface area contributed by atoms with E-state index < -0.39 is 0 Å². The highest BCUT2D eigenvalue weighted by molar-refractivity contribution is 7.99. The van der Waals surface area contributed by atoms with Crippen LogP contribution in [0.4, 0.5) is 5.82 Å². The van der Waals surface area contributed by atoms with E-state index in [2.05, 4.69) is 15.3 Å². The van der Waals surface area contributed by atoms with Gasteiger partial charge in [-0.15, -0.1) is 0 Å². The van der Waals surface area contributed by atoms with Gasteiger partial charge in [0.1, 0.15) is 11.6 Å². The molecule has 1 unspecified atom stereocenters. The van der Waals surface area contributed by atoms with Gasteiger partial charge in [-0.1, -0.05) is 0 Å². The first kappa shape index (κ1) is 12.5. The summed E-state index contributed by atoms with van der Waals surface area (Å²) in [6.07, 6.45) is 2.50. The highest BCUT2D eigenvalue weighted by atomic mass is 32.2. The molecule has 0 aliphatic carbocycles. The molecule has 2 rings (SSSR count). The lowest BCUT2D eigenvalue weighted by Crippen LogP contribution is -2.26. The second kappa shape index (κ2) is 6.10. The van der Waals surface area contributed by atoms with Crippen LogP contribution < -0.4 is 10.1 Å². The van der Waals surface area contributed by atoms with Crippen molar-refractivity contribution in [2.24, 2.45) is 0 Å². The molecular weight excluding hydrogens is 234 g/mol. The minimum atomic E-state index is 0.525. The number of hydrogen-bond donors (Lipinski definition) is 1. The van der Waals surface area contributed by atoms with E-state index in [9.17, 15) is 0 Å². The number of aromatic nitrogens is 2. The van der Waals surface area contributed by atoms with Crippen molar-refractivity contribution in [2.75, 3.05) is 23.4 Å². The van der Waals surface area contributed by atoms with Gasteiger partial charge in [0.15, 0.2) is 0 Å². The summed E-state index contributed by atoms with van der Waals surface area (Å²) in [5.41, 5.74) is 0. The van der Waals surface area contributed by atoms with Gasteiger partial charge in [-0.05, 0) is 32.4 Å². The SMILES string of the molecule is CCOc1cc(NC2CCCSC2)nc(C)n1. The molecule has 1 atom stereocenters. The minimum Gasteiger partial charge on any atom is -0.478 e. The molecular formula is C12H19N3OS. The maximum Gasteiger partial charge on any atom is 0.218 e. The van der Waals surface area contributed by atoms with E-state index in [1.54, 1.807) is 0 Å². The maximum absolute atomic E-state index is 5.42.